The standard InChI is InChI=1S/C14H14ClFN2/c1-9(10-2-5-12(16)6-3-10)18-14-8-11(15)4-7-13(14)17/h2-9,18H,17H2,1H3. The second-order valence-electron chi connectivity index (χ2n) is 4.15. The molecule has 2 nitrogen and oxygen atoms in total. The van der Waals surface area contributed by atoms with Crippen molar-refractivity contribution in [2.75, 3.05) is 11.1 Å². The Morgan fingerprint density at radius 2 is 1.83 bits per heavy atom. The smallest absolute Gasteiger partial charge is 0.123 e. The molecule has 0 aliphatic carbocycles. The number of nitrogens with two attached hydrogens (primary N) is 1. The van der Waals surface area contributed by atoms with Gasteiger partial charge in [-0.15, -0.1) is 0 Å². The molecule has 0 radical (unpaired) electrons. The van der Waals surface area contributed by atoms with E-state index < -0.39 is 0 Å². The van der Waals surface area contributed by atoms with Gasteiger partial charge in [0.25, 0.3) is 0 Å². The van der Waals surface area contributed by atoms with E-state index in [1.165, 1.54) is 12.1 Å². The molecule has 0 spiro atoms. The molecule has 2 aromatic rings. The number of halogens is 2. The van der Waals surface area contributed by atoms with Crippen LogP contribution in [0.25, 0.3) is 0 Å². The van der Waals surface area contributed by atoms with E-state index >= 15 is 0 Å². The molecular formula is C14H14ClFN2. The van der Waals surface area contributed by atoms with Crippen molar-refractivity contribution in [2.24, 2.45) is 0 Å². The molecular weight excluding hydrogens is 251 g/mol. The van der Waals surface area contributed by atoms with Gasteiger partial charge in [-0.25, -0.2) is 4.39 Å². The lowest BCUT2D eigenvalue weighted by atomic mass is 10.1. The van der Waals surface area contributed by atoms with E-state index in [-0.39, 0.29) is 11.9 Å². The van der Waals surface area contributed by atoms with Crippen LogP contribution in [0.15, 0.2) is 42.5 Å². The first-order chi connectivity index (χ1) is 8.56. The molecule has 3 N–H and O–H groups in total. The van der Waals surface area contributed by atoms with Crippen LogP contribution in [-0.2, 0) is 0 Å². The molecule has 0 heterocycles. The molecule has 0 aliphatic heterocycles. The maximum atomic E-state index is 12.8. The third kappa shape index (κ3) is 2.93. The zero-order valence-electron chi connectivity index (χ0n) is 9.95. The lowest BCUT2D eigenvalue weighted by molar-refractivity contribution is 0.626. The van der Waals surface area contributed by atoms with Gasteiger partial charge in [0.1, 0.15) is 5.82 Å². The summed E-state index contributed by atoms with van der Waals surface area (Å²) in [6.07, 6.45) is 0. The Hall–Kier alpha value is -1.74. The number of anilines is 2. The topological polar surface area (TPSA) is 38.0 Å². The highest BCUT2D eigenvalue weighted by Gasteiger charge is 2.07. The summed E-state index contributed by atoms with van der Waals surface area (Å²) in [4.78, 5) is 0. The van der Waals surface area contributed by atoms with Gasteiger partial charge in [-0.05, 0) is 42.8 Å². The van der Waals surface area contributed by atoms with Crippen molar-refractivity contribution in [3.8, 4) is 0 Å². The Balaban J connectivity index is 2.18. The highest BCUT2D eigenvalue weighted by molar-refractivity contribution is 6.31. The fraction of sp³-hybridized carbons (Fsp3) is 0.143. The SMILES string of the molecule is CC(Nc1cc(Cl)ccc1N)c1ccc(F)cc1. The lowest BCUT2D eigenvalue weighted by Gasteiger charge is -2.17. The summed E-state index contributed by atoms with van der Waals surface area (Å²) in [5.74, 6) is -0.242. The minimum atomic E-state index is -0.242. The fourth-order valence-electron chi connectivity index (χ4n) is 1.72. The van der Waals surface area contributed by atoms with Gasteiger partial charge in [-0.2, -0.15) is 0 Å². The summed E-state index contributed by atoms with van der Waals surface area (Å²) in [7, 11) is 0. The first-order valence-corrected chi connectivity index (χ1v) is 6.01. The number of nitrogen functional groups attached to an aromatic ring is 1. The van der Waals surface area contributed by atoms with E-state index in [1.54, 1.807) is 30.3 Å². The molecule has 0 aliphatic rings. The van der Waals surface area contributed by atoms with Crippen LogP contribution in [0.5, 0.6) is 0 Å². The average molecular weight is 265 g/mol. The quantitative estimate of drug-likeness (QED) is 0.814. The molecule has 2 rings (SSSR count). The van der Waals surface area contributed by atoms with Crippen molar-refractivity contribution in [1.29, 1.82) is 0 Å². The fourth-order valence-corrected chi connectivity index (χ4v) is 1.89. The zero-order valence-corrected chi connectivity index (χ0v) is 10.7. The largest absolute Gasteiger partial charge is 0.397 e. The van der Waals surface area contributed by atoms with Gasteiger partial charge in [0.05, 0.1) is 11.4 Å². The Bertz CT molecular complexity index is 540. The van der Waals surface area contributed by atoms with Gasteiger partial charge < -0.3 is 11.1 Å². The van der Waals surface area contributed by atoms with Gasteiger partial charge in [0.15, 0.2) is 0 Å². The summed E-state index contributed by atoms with van der Waals surface area (Å²) in [6, 6.07) is 11.7. The first kappa shape index (κ1) is 12.7. The molecule has 4 heteroatoms. The van der Waals surface area contributed by atoms with Crippen LogP contribution in [0.4, 0.5) is 15.8 Å². The monoisotopic (exact) mass is 264 g/mol. The highest BCUT2D eigenvalue weighted by atomic mass is 35.5. The Labute approximate surface area is 111 Å². The van der Waals surface area contributed by atoms with Gasteiger partial charge in [-0.1, -0.05) is 23.7 Å². The number of hydrogen-bond acceptors (Lipinski definition) is 2. The number of rotatable bonds is 3. The number of benzene rings is 2. The maximum absolute atomic E-state index is 12.8. The average Bonchev–Trinajstić information content (AvgIpc) is 2.34. The molecule has 0 saturated carbocycles. The predicted octanol–water partition coefficient (Wildman–Crippen LogP) is 4.23. The molecule has 94 valence electrons. The molecule has 0 saturated heterocycles. The second kappa shape index (κ2) is 5.27. The van der Waals surface area contributed by atoms with E-state index in [2.05, 4.69) is 5.32 Å². The minimum Gasteiger partial charge on any atom is -0.397 e. The summed E-state index contributed by atoms with van der Waals surface area (Å²) in [6.45, 7) is 1.98. The molecule has 0 fully saturated rings. The summed E-state index contributed by atoms with van der Waals surface area (Å²) >= 11 is 5.92. The summed E-state index contributed by atoms with van der Waals surface area (Å²) < 4.78 is 12.8. The predicted molar refractivity (Wildman–Crippen MR) is 74.3 cm³/mol. The van der Waals surface area contributed by atoms with Gasteiger partial charge in [0.2, 0.25) is 0 Å². The number of hydrogen-bond donors (Lipinski definition) is 2. The third-order valence-corrected chi connectivity index (χ3v) is 2.99. The first-order valence-electron chi connectivity index (χ1n) is 5.63. The molecule has 1 unspecified atom stereocenters. The second-order valence-corrected chi connectivity index (χ2v) is 4.59. The Morgan fingerprint density at radius 3 is 2.50 bits per heavy atom. The van der Waals surface area contributed by atoms with Crippen LogP contribution in [0.2, 0.25) is 5.02 Å². The van der Waals surface area contributed by atoms with Crippen LogP contribution in [0, 0.1) is 5.82 Å². The van der Waals surface area contributed by atoms with E-state index in [4.69, 9.17) is 17.3 Å². The van der Waals surface area contributed by atoms with Crippen molar-refractivity contribution in [3.05, 3.63) is 58.9 Å². The highest BCUT2D eigenvalue weighted by Crippen LogP contribution is 2.27. The molecule has 18 heavy (non-hydrogen) atoms. The molecule has 2 aromatic carbocycles. The third-order valence-electron chi connectivity index (χ3n) is 2.76. The molecule has 0 aromatic heterocycles. The Kier molecular flexibility index (Phi) is 3.72. The van der Waals surface area contributed by atoms with Crippen molar-refractivity contribution >= 4 is 23.0 Å². The van der Waals surface area contributed by atoms with Gasteiger partial charge >= 0.3 is 0 Å². The van der Waals surface area contributed by atoms with Gasteiger partial charge in [-0.3, -0.25) is 0 Å². The molecule has 0 bridgehead atoms. The van der Waals surface area contributed by atoms with Crippen LogP contribution < -0.4 is 11.1 Å². The Morgan fingerprint density at radius 1 is 1.17 bits per heavy atom. The van der Waals surface area contributed by atoms with Crippen molar-refractivity contribution < 1.29 is 4.39 Å². The summed E-state index contributed by atoms with van der Waals surface area (Å²) in [5.41, 5.74) is 8.25. The van der Waals surface area contributed by atoms with Crippen LogP contribution in [0.3, 0.4) is 0 Å². The normalized spacial score (nSPS) is 12.2. The van der Waals surface area contributed by atoms with Crippen LogP contribution >= 0.6 is 11.6 Å². The maximum Gasteiger partial charge on any atom is 0.123 e. The zero-order chi connectivity index (χ0) is 13.1. The minimum absolute atomic E-state index is 0.0198. The van der Waals surface area contributed by atoms with Crippen LogP contribution in [0.1, 0.15) is 18.5 Å². The molecule has 1 atom stereocenters. The summed E-state index contributed by atoms with van der Waals surface area (Å²) in [5, 5.41) is 3.88. The van der Waals surface area contributed by atoms with E-state index in [0.717, 1.165) is 11.3 Å². The number of nitrogens with one attached hydrogen (secondary N) is 1. The van der Waals surface area contributed by atoms with E-state index in [9.17, 15) is 4.39 Å². The van der Waals surface area contributed by atoms with E-state index in [0.29, 0.717) is 10.7 Å². The lowest BCUT2D eigenvalue weighted by Crippen LogP contribution is -2.08. The van der Waals surface area contributed by atoms with Gasteiger partial charge in [0, 0.05) is 11.1 Å². The van der Waals surface area contributed by atoms with Crippen molar-refractivity contribution in [2.45, 2.75) is 13.0 Å². The van der Waals surface area contributed by atoms with E-state index in [1.807, 2.05) is 6.92 Å². The van der Waals surface area contributed by atoms with Crippen molar-refractivity contribution in [1.82, 2.24) is 0 Å². The van der Waals surface area contributed by atoms with Crippen LogP contribution in [-0.4, -0.2) is 0 Å². The molecule has 0 amide bonds. The van der Waals surface area contributed by atoms with Crippen molar-refractivity contribution in [3.63, 3.8) is 0 Å².